The molecule has 0 saturated heterocycles. The number of carbonyl (C=O) groups excluding carboxylic acids is 1. The standard InChI is InChI=1S/C16H15Cl2FN2O2S/c1-8-4-3-5-10(6-8)7-24-16(22)9(2)23-15-12(18)13(20)11(17)14(19)21-15/h3-6,9H,7H2,1-2H3,(H2,20,21)/t9-/m1/s1. The van der Waals surface area contributed by atoms with Crippen LogP contribution in [0.2, 0.25) is 10.0 Å². The second-order valence-corrected chi connectivity index (χ2v) is 6.84. The summed E-state index contributed by atoms with van der Waals surface area (Å²) in [6.07, 6.45) is -0.871. The molecule has 0 amide bonds. The highest BCUT2D eigenvalue weighted by molar-refractivity contribution is 8.13. The van der Waals surface area contributed by atoms with Crippen molar-refractivity contribution < 1.29 is 13.9 Å². The van der Waals surface area contributed by atoms with Crippen LogP contribution in [-0.2, 0) is 10.5 Å². The lowest BCUT2D eigenvalue weighted by molar-refractivity contribution is -0.116. The Bertz CT molecular complexity index is 774. The van der Waals surface area contributed by atoms with Crippen molar-refractivity contribution in [3.05, 3.63) is 51.4 Å². The van der Waals surface area contributed by atoms with Crippen molar-refractivity contribution in [3.63, 3.8) is 0 Å². The summed E-state index contributed by atoms with van der Waals surface area (Å²) in [6.45, 7) is 3.52. The van der Waals surface area contributed by atoms with Crippen LogP contribution >= 0.6 is 35.0 Å². The highest BCUT2D eigenvalue weighted by Crippen LogP contribution is 2.36. The highest BCUT2D eigenvalue weighted by Gasteiger charge is 2.21. The number of nitrogens with two attached hydrogens (primary N) is 1. The van der Waals surface area contributed by atoms with Gasteiger partial charge in [0.05, 0.1) is 5.69 Å². The molecule has 2 N–H and O–H groups in total. The van der Waals surface area contributed by atoms with Crippen LogP contribution in [0.5, 0.6) is 5.88 Å². The molecule has 2 aromatic rings. The number of aromatic nitrogens is 1. The Kier molecular flexibility index (Phi) is 6.32. The van der Waals surface area contributed by atoms with Crippen molar-refractivity contribution in [3.8, 4) is 5.88 Å². The van der Waals surface area contributed by atoms with Gasteiger partial charge in [-0.25, -0.2) is 0 Å². The van der Waals surface area contributed by atoms with Gasteiger partial charge in [0.1, 0.15) is 10.0 Å². The summed E-state index contributed by atoms with van der Waals surface area (Å²) in [5.74, 6) is -0.749. The summed E-state index contributed by atoms with van der Waals surface area (Å²) >= 11 is 12.6. The van der Waals surface area contributed by atoms with E-state index in [0.29, 0.717) is 5.75 Å². The van der Waals surface area contributed by atoms with E-state index in [1.54, 1.807) is 0 Å². The summed E-state index contributed by atoms with van der Waals surface area (Å²) in [6, 6.07) is 7.85. The molecule has 0 spiro atoms. The van der Waals surface area contributed by atoms with E-state index in [-0.39, 0.29) is 26.7 Å². The molecule has 1 aromatic carbocycles. The zero-order valence-electron chi connectivity index (χ0n) is 13.0. The molecule has 1 aromatic heterocycles. The Morgan fingerprint density at radius 2 is 2.12 bits per heavy atom. The molecular formula is C16H15Cl2FN2O2S. The zero-order chi connectivity index (χ0) is 17.9. The quantitative estimate of drug-likeness (QED) is 0.755. The molecule has 0 aliphatic rings. The molecule has 1 heterocycles. The largest absolute Gasteiger partial charge is 0.464 e. The van der Waals surface area contributed by atoms with Crippen LogP contribution < -0.4 is 10.5 Å². The van der Waals surface area contributed by atoms with E-state index in [1.165, 1.54) is 6.92 Å². The van der Waals surface area contributed by atoms with Gasteiger partial charge >= 0.3 is 0 Å². The molecule has 0 saturated carbocycles. The normalized spacial score (nSPS) is 12.0. The van der Waals surface area contributed by atoms with E-state index < -0.39 is 12.1 Å². The number of ether oxygens (including phenoxy) is 1. The molecule has 128 valence electrons. The molecule has 4 nitrogen and oxygen atoms in total. The highest BCUT2D eigenvalue weighted by atomic mass is 35.5. The second kappa shape index (κ2) is 8.05. The Hall–Kier alpha value is -1.50. The number of hydrogen-bond donors (Lipinski definition) is 1. The average molecular weight is 389 g/mol. The smallest absolute Gasteiger partial charge is 0.238 e. The van der Waals surface area contributed by atoms with Gasteiger partial charge in [-0.05, 0) is 19.4 Å². The monoisotopic (exact) mass is 388 g/mol. The van der Waals surface area contributed by atoms with Crippen molar-refractivity contribution in [2.45, 2.75) is 25.7 Å². The predicted molar refractivity (Wildman–Crippen MR) is 96.2 cm³/mol. The maximum atomic E-state index is 13.5. The minimum atomic E-state index is -0.999. The third kappa shape index (κ3) is 4.53. The predicted octanol–water partition coefficient (Wildman–Crippen LogP) is 4.65. The lowest BCUT2D eigenvalue weighted by Gasteiger charge is -2.15. The van der Waals surface area contributed by atoms with Gasteiger partial charge in [0.15, 0.2) is 6.10 Å². The van der Waals surface area contributed by atoms with Crippen LogP contribution in [-0.4, -0.2) is 16.2 Å². The van der Waals surface area contributed by atoms with E-state index in [4.69, 9.17) is 33.7 Å². The van der Waals surface area contributed by atoms with Gasteiger partial charge in [0.2, 0.25) is 16.9 Å². The number of anilines is 1. The van der Waals surface area contributed by atoms with Crippen molar-refractivity contribution in [2.75, 3.05) is 5.73 Å². The first-order chi connectivity index (χ1) is 11.3. The van der Waals surface area contributed by atoms with Crippen LogP contribution in [0, 0.1) is 12.9 Å². The zero-order valence-corrected chi connectivity index (χ0v) is 15.3. The Morgan fingerprint density at radius 1 is 1.42 bits per heavy atom. The molecule has 8 heteroatoms. The van der Waals surface area contributed by atoms with E-state index in [0.717, 1.165) is 22.9 Å². The molecular weight excluding hydrogens is 374 g/mol. The molecule has 24 heavy (non-hydrogen) atoms. The van der Waals surface area contributed by atoms with E-state index in [9.17, 15) is 9.18 Å². The molecule has 1 atom stereocenters. The van der Waals surface area contributed by atoms with Crippen molar-refractivity contribution in [1.82, 2.24) is 4.98 Å². The summed E-state index contributed by atoms with van der Waals surface area (Å²) in [7, 11) is 0. The first kappa shape index (κ1) is 18.8. The molecule has 0 aliphatic heterocycles. The van der Waals surface area contributed by atoms with Crippen molar-refractivity contribution in [2.24, 2.45) is 0 Å². The topological polar surface area (TPSA) is 65.2 Å². The fourth-order valence-electron chi connectivity index (χ4n) is 1.88. The fourth-order valence-corrected chi connectivity index (χ4v) is 3.02. The number of hydrogen-bond acceptors (Lipinski definition) is 5. The average Bonchev–Trinajstić information content (AvgIpc) is 2.55. The SMILES string of the molecule is Cc1cccc(CSC(=O)[C@@H](C)Oc2nc(F)c(Cl)c(N)c2Cl)c1. The number of carbonyl (C=O) groups is 1. The van der Waals surface area contributed by atoms with E-state index >= 15 is 0 Å². The second-order valence-electron chi connectivity index (χ2n) is 5.11. The van der Waals surface area contributed by atoms with Gasteiger partial charge in [-0.3, -0.25) is 4.79 Å². The molecule has 0 radical (unpaired) electrons. The van der Waals surface area contributed by atoms with E-state index in [1.807, 2.05) is 31.2 Å². The van der Waals surface area contributed by atoms with Crippen LogP contribution in [0.4, 0.5) is 10.1 Å². The number of nitrogens with zero attached hydrogens (tertiary/aromatic N) is 1. The van der Waals surface area contributed by atoms with Crippen molar-refractivity contribution >= 4 is 45.8 Å². The van der Waals surface area contributed by atoms with Gasteiger partial charge in [-0.15, -0.1) is 0 Å². The van der Waals surface area contributed by atoms with E-state index in [2.05, 4.69) is 4.98 Å². The third-order valence-corrected chi connectivity index (χ3v) is 4.94. The number of aryl methyl sites for hydroxylation is 1. The van der Waals surface area contributed by atoms with Crippen LogP contribution in [0.3, 0.4) is 0 Å². The summed E-state index contributed by atoms with van der Waals surface area (Å²) in [4.78, 5) is 15.7. The number of pyridine rings is 1. The molecule has 0 aliphatic carbocycles. The molecule has 2 rings (SSSR count). The third-order valence-electron chi connectivity index (χ3n) is 3.13. The first-order valence-electron chi connectivity index (χ1n) is 6.98. The van der Waals surface area contributed by atoms with Crippen LogP contribution in [0.15, 0.2) is 24.3 Å². The summed E-state index contributed by atoms with van der Waals surface area (Å²) in [5.41, 5.74) is 7.54. The minimum Gasteiger partial charge on any atom is -0.464 e. The Balaban J connectivity index is 2.02. The van der Waals surface area contributed by atoms with Crippen LogP contribution in [0.1, 0.15) is 18.1 Å². The Morgan fingerprint density at radius 3 is 2.79 bits per heavy atom. The summed E-state index contributed by atoms with van der Waals surface area (Å²) < 4.78 is 18.9. The van der Waals surface area contributed by atoms with Crippen molar-refractivity contribution in [1.29, 1.82) is 0 Å². The van der Waals surface area contributed by atoms with Gasteiger partial charge in [-0.1, -0.05) is 64.8 Å². The van der Waals surface area contributed by atoms with Gasteiger partial charge in [-0.2, -0.15) is 9.37 Å². The first-order valence-corrected chi connectivity index (χ1v) is 8.72. The number of nitrogen functional groups attached to an aromatic ring is 1. The minimum absolute atomic E-state index is 0.121. The fraction of sp³-hybridized carbons (Fsp3) is 0.250. The Labute approximate surface area is 153 Å². The maximum Gasteiger partial charge on any atom is 0.238 e. The maximum absolute atomic E-state index is 13.5. The molecule has 0 fully saturated rings. The number of halogens is 3. The summed E-state index contributed by atoms with van der Waals surface area (Å²) in [5, 5.41) is -0.729. The lowest BCUT2D eigenvalue weighted by Crippen LogP contribution is -2.22. The lowest BCUT2D eigenvalue weighted by atomic mass is 10.2. The van der Waals surface area contributed by atoms with Gasteiger partial charge in [0.25, 0.3) is 0 Å². The number of thioether (sulfide) groups is 1. The van der Waals surface area contributed by atoms with Gasteiger partial charge in [0, 0.05) is 5.75 Å². The number of benzene rings is 1. The van der Waals surface area contributed by atoms with Gasteiger partial charge < -0.3 is 10.5 Å². The molecule has 0 bridgehead atoms. The molecule has 0 unspecified atom stereocenters. The van der Waals surface area contributed by atoms with Crippen LogP contribution in [0.25, 0.3) is 0 Å². The number of rotatable bonds is 5.